The Labute approximate surface area is 210 Å². The number of thiazole rings is 1. The van der Waals surface area contributed by atoms with E-state index in [1.165, 1.54) is 0 Å². The van der Waals surface area contributed by atoms with Gasteiger partial charge in [0.15, 0.2) is 4.55 Å². The minimum absolute atomic E-state index is 0.0809. The summed E-state index contributed by atoms with van der Waals surface area (Å²) in [6.07, 6.45) is 2.17. The van der Waals surface area contributed by atoms with Crippen LogP contribution in [0.5, 0.6) is 5.75 Å². The molecule has 3 aromatic carbocycles. The maximum absolute atomic E-state index is 11.2. The van der Waals surface area contributed by atoms with Crippen molar-refractivity contribution >= 4 is 67.2 Å². The first kappa shape index (κ1) is 23.2. The molecule has 4 aromatic rings. The van der Waals surface area contributed by atoms with E-state index in [-0.39, 0.29) is 10.6 Å². The van der Waals surface area contributed by atoms with Gasteiger partial charge >= 0.3 is 0 Å². The first-order chi connectivity index (χ1) is 15.9. The van der Waals surface area contributed by atoms with Crippen molar-refractivity contribution in [2.45, 2.75) is 4.55 Å². The highest BCUT2D eigenvalue weighted by molar-refractivity contribution is 14.1. The fourth-order valence-electron chi connectivity index (χ4n) is 3.60. The van der Waals surface area contributed by atoms with Crippen molar-refractivity contribution in [1.82, 2.24) is 0 Å². The van der Waals surface area contributed by atoms with Gasteiger partial charge in [0.1, 0.15) is 10.4 Å². The summed E-state index contributed by atoms with van der Waals surface area (Å²) in [7, 11) is 5.69. The molecule has 0 amide bonds. The van der Waals surface area contributed by atoms with Crippen LogP contribution in [0.1, 0.15) is 16.1 Å². The van der Waals surface area contributed by atoms with E-state index < -0.39 is 0 Å². The van der Waals surface area contributed by atoms with Crippen molar-refractivity contribution in [2.75, 3.05) is 26.1 Å². The van der Waals surface area contributed by atoms with Gasteiger partial charge in [-0.2, -0.15) is 4.57 Å². The average Bonchev–Trinajstić information content (AvgIpc) is 3.18. The maximum Gasteiger partial charge on any atom is 0.269 e. The van der Waals surface area contributed by atoms with Gasteiger partial charge in [-0.3, -0.25) is 10.1 Å². The molecule has 0 bridgehead atoms. The summed E-state index contributed by atoms with van der Waals surface area (Å²) >= 11 is 4.07. The summed E-state index contributed by atoms with van der Waals surface area (Å²) < 4.78 is 9.61. The molecular weight excluding hydrogens is 549 g/mol. The van der Waals surface area contributed by atoms with Crippen LogP contribution in [0.2, 0.25) is 0 Å². The van der Waals surface area contributed by atoms with Gasteiger partial charge in [0.2, 0.25) is 5.52 Å². The molecular formula is C25H23IN3O3S+. The predicted molar refractivity (Wildman–Crippen MR) is 143 cm³/mol. The molecule has 0 saturated heterocycles. The second-order valence-electron chi connectivity index (χ2n) is 7.62. The topological polar surface area (TPSA) is 59.5 Å². The highest BCUT2D eigenvalue weighted by Crippen LogP contribution is 2.32. The van der Waals surface area contributed by atoms with Crippen molar-refractivity contribution in [3.63, 3.8) is 0 Å². The van der Waals surface area contributed by atoms with Crippen molar-refractivity contribution in [2.24, 2.45) is 0 Å². The molecule has 6 nitrogen and oxygen atoms in total. The number of alkyl halides is 1. The first-order valence-electron chi connectivity index (χ1n) is 10.2. The molecule has 0 aliphatic rings. The van der Waals surface area contributed by atoms with E-state index in [2.05, 4.69) is 74.5 Å². The molecule has 0 atom stereocenters. The minimum Gasteiger partial charge on any atom is -0.497 e. The molecule has 33 heavy (non-hydrogen) atoms. The van der Waals surface area contributed by atoms with Crippen LogP contribution in [0.15, 0.2) is 66.7 Å². The van der Waals surface area contributed by atoms with Crippen LogP contribution in [-0.2, 0) is 4.55 Å². The number of aromatic nitrogens is 1. The van der Waals surface area contributed by atoms with E-state index in [9.17, 15) is 10.1 Å². The highest BCUT2D eigenvalue weighted by Gasteiger charge is 2.20. The van der Waals surface area contributed by atoms with Gasteiger partial charge in [-0.05, 0) is 69.6 Å². The number of rotatable bonds is 7. The van der Waals surface area contributed by atoms with Crippen LogP contribution in [-0.4, -0.2) is 26.1 Å². The smallest absolute Gasteiger partial charge is 0.269 e. The number of methoxy groups -OCH3 is 1. The van der Waals surface area contributed by atoms with Crippen molar-refractivity contribution in [1.29, 1.82) is 0 Å². The Balaban J connectivity index is 1.89. The molecule has 0 fully saturated rings. The van der Waals surface area contributed by atoms with E-state index in [4.69, 9.17) is 4.74 Å². The van der Waals surface area contributed by atoms with Crippen LogP contribution in [0.4, 0.5) is 11.4 Å². The lowest BCUT2D eigenvalue weighted by atomic mass is 9.97. The molecule has 0 saturated carbocycles. The fourth-order valence-corrected chi connectivity index (χ4v) is 5.70. The molecule has 0 radical (unpaired) electrons. The number of fused-ring (bicyclic) bond motifs is 1. The zero-order valence-corrected chi connectivity index (χ0v) is 21.5. The average molecular weight is 572 g/mol. The number of hydrogen-bond acceptors (Lipinski definition) is 5. The summed E-state index contributed by atoms with van der Waals surface area (Å²) in [5.41, 5.74) is 5.31. The fraction of sp³-hybridized carbons (Fsp3) is 0.160. The van der Waals surface area contributed by atoms with Crippen LogP contribution in [0.3, 0.4) is 0 Å². The van der Waals surface area contributed by atoms with Crippen LogP contribution < -0.4 is 14.2 Å². The maximum atomic E-state index is 11.2. The van der Waals surface area contributed by atoms with Gasteiger partial charge in [0.05, 0.1) is 12.0 Å². The van der Waals surface area contributed by atoms with E-state index in [0.717, 1.165) is 47.9 Å². The van der Waals surface area contributed by atoms with Crippen molar-refractivity contribution in [3.8, 4) is 5.75 Å². The number of ether oxygens (including phenoxy) is 1. The lowest BCUT2D eigenvalue weighted by Crippen LogP contribution is -2.32. The molecule has 0 unspecified atom stereocenters. The predicted octanol–water partition coefficient (Wildman–Crippen LogP) is 6.15. The zero-order valence-electron chi connectivity index (χ0n) is 18.5. The Morgan fingerprint density at radius 3 is 2.27 bits per heavy atom. The zero-order chi connectivity index (χ0) is 23.5. The van der Waals surface area contributed by atoms with Crippen molar-refractivity contribution < 1.29 is 14.2 Å². The van der Waals surface area contributed by atoms with Crippen LogP contribution in [0, 0.1) is 10.1 Å². The van der Waals surface area contributed by atoms with Crippen LogP contribution >= 0.6 is 33.9 Å². The van der Waals surface area contributed by atoms with E-state index in [1.807, 2.05) is 32.3 Å². The molecule has 1 aromatic heterocycles. The summed E-state index contributed by atoms with van der Waals surface area (Å²) in [5, 5.41) is 12.2. The van der Waals surface area contributed by atoms with Gasteiger partial charge in [-0.15, -0.1) is 0 Å². The van der Waals surface area contributed by atoms with E-state index in [1.54, 1.807) is 30.6 Å². The molecule has 0 aliphatic carbocycles. The van der Waals surface area contributed by atoms with Gasteiger partial charge in [0, 0.05) is 50.1 Å². The Hall–Kier alpha value is -2.98. The van der Waals surface area contributed by atoms with E-state index in [0.29, 0.717) is 0 Å². The molecule has 168 valence electrons. The first-order valence-corrected chi connectivity index (χ1v) is 12.6. The second-order valence-corrected chi connectivity index (χ2v) is 9.37. The monoisotopic (exact) mass is 572 g/mol. The lowest BCUT2D eigenvalue weighted by molar-refractivity contribution is -0.641. The number of non-ortho nitro benzene ring substituents is 1. The summed E-state index contributed by atoms with van der Waals surface area (Å²) in [6, 6.07) is 21.2. The summed E-state index contributed by atoms with van der Waals surface area (Å²) in [5.74, 6) is 0.828. The van der Waals surface area contributed by atoms with Crippen molar-refractivity contribution in [3.05, 3.63) is 93.0 Å². The normalized spacial score (nSPS) is 11.6. The Morgan fingerprint density at radius 1 is 1.09 bits per heavy atom. The summed E-state index contributed by atoms with van der Waals surface area (Å²) in [4.78, 5) is 12.8. The lowest BCUT2D eigenvalue weighted by Gasteiger charge is -2.14. The van der Waals surface area contributed by atoms with Crippen LogP contribution in [0.25, 0.3) is 21.9 Å². The highest BCUT2D eigenvalue weighted by atomic mass is 127. The van der Waals surface area contributed by atoms with Gasteiger partial charge < -0.3 is 9.64 Å². The Morgan fingerprint density at radius 2 is 1.73 bits per heavy atom. The van der Waals surface area contributed by atoms with Gasteiger partial charge in [0.25, 0.3) is 10.7 Å². The van der Waals surface area contributed by atoms with Gasteiger partial charge in [-0.1, -0.05) is 23.5 Å². The number of nitro benzene ring substituents is 1. The largest absolute Gasteiger partial charge is 0.497 e. The number of anilines is 1. The molecule has 0 aliphatic heterocycles. The molecule has 0 N–H and O–H groups in total. The Kier molecular flexibility index (Phi) is 6.94. The quantitative estimate of drug-likeness (QED) is 0.0877. The third kappa shape index (κ3) is 4.86. The third-order valence-corrected chi connectivity index (χ3v) is 7.19. The Bertz CT molecular complexity index is 1330. The second kappa shape index (κ2) is 9.88. The van der Waals surface area contributed by atoms with Gasteiger partial charge in [-0.25, -0.2) is 0 Å². The minimum atomic E-state index is -0.373. The number of benzene rings is 3. The summed E-state index contributed by atoms with van der Waals surface area (Å²) in [6.45, 7) is 0. The third-order valence-electron chi connectivity index (χ3n) is 5.41. The molecule has 1 heterocycles. The molecule has 8 heteroatoms. The number of nitro groups is 1. The number of halogens is 1. The standard InChI is InChI=1S/C25H23IN3O3S/c1-27(2)19-8-4-17(5-9-19)22(18-6-10-20(11-7-18)29(30)31)15-25-28(16-26)23-13-12-21(32-3)14-24(23)33-25/h4-15H,16H2,1-3H3/q+1. The molecule has 0 spiro atoms. The van der Waals surface area contributed by atoms with E-state index >= 15 is 0 Å². The SMILES string of the molecule is COc1ccc2c(c1)sc(/C=C(\c1ccc(N(C)C)cc1)c1ccc([N+](=O)[O-])cc1)[n+]2CI. The molecule has 4 rings (SSSR count). The number of hydrogen-bond donors (Lipinski definition) is 0. The number of nitrogens with zero attached hydrogens (tertiary/aromatic N) is 3.